The van der Waals surface area contributed by atoms with Crippen LogP contribution in [0.25, 0.3) is 5.69 Å². The van der Waals surface area contributed by atoms with Crippen LogP contribution in [0.2, 0.25) is 0 Å². The second-order valence-corrected chi connectivity index (χ2v) is 5.91. The third-order valence-corrected chi connectivity index (χ3v) is 4.35. The van der Waals surface area contributed by atoms with Crippen molar-refractivity contribution in [1.29, 1.82) is 0 Å². The molecular formula is C17H25ClN4. The molecule has 1 fully saturated rings. The van der Waals surface area contributed by atoms with Gasteiger partial charge in [0.25, 0.3) is 0 Å². The summed E-state index contributed by atoms with van der Waals surface area (Å²) in [5.41, 5.74) is 2.56. The zero-order valence-corrected chi connectivity index (χ0v) is 13.9. The molecule has 2 aromatic rings. The van der Waals surface area contributed by atoms with Crippen LogP contribution in [0.3, 0.4) is 0 Å². The van der Waals surface area contributed by atoms with E-state index in [1.807, 2.05) is 30.3 Å². The number of imidazole rings is 1. The minimum Gasteiger partial charge on any atom is -0.319 e. The average molecular weight is 321 g/mol. The van der Waals surface area contributed by atoms with E-state index in [9.17, 15) is 0 Å². The molecule has 1 aromatic carbocycles. The van der Waals surface area contributed by atoms with Gasteiger partial charge in [0.2, 0.25) is 0 Å². The number of aromatic nitrogens is 2. The molecule has 3 rings (SSSR count). The molecule has 0 amide bonds. The highest BCUT2D eigenvalue weighted by atomic mass is 35.5. The number of likely N-dealkylation sites (tertiary alicyclic amines) is 1. The summed E-state index contributed by atoms with van der Waals surface area (Å²) >= 11 is 0. The van der Waals surface area contributed by atoms with E-state index in [0.717, 1.165) is 19.0 Å². The number of piperidine rings is 1. The zero-order valence-electron chi connectivity index (χ0n) is 13.1. The Balaban J connectivity index is 0.00000176. The second kappa shape index (κ2) is 8.32. The number of hydrogen-bond acceptors (Lipinski definition) is 3. The maximum absolute atomic E-state index is 4.09. The van der Waals surface area contributed by atoms with Crippen molar-refractivity contribution < 1.29 is 0 Å². The topological polar surface area (TPSA) is 33.1 Å². The Morgan fingerprint density at radius 2 is 1.91 bits per heavy atom. The Bertz CT molecular complexity index is 530. The number of benzene rings is 1. The van der Waals surface area contributed by atoms with Crippen LogP contribution in [0.5, 0.6) is 0 Å². The van der Waals surface area contributed by atoms with Crippen molar-refractivity contribution in [2.24, 2.45) is 5.92 Å². The summed E-state index contributed by atoms with van der Waals surface area (Å²) in [5, 5.41) is 3.30. The third-order valence-electron chi connectivity index (χ3n) is 4.35. The van der Waals surface area contributed by atoms with Gasteiger partial charge >= 0.3 is 0 Å². The molecule has 1 N–H and O–H groups in total. The molecule has 1 aromatic heterocycles. The molecule has 0 spiro atoms. The maximum Gasteiger partial charge on any atom is 0.0991 e. The third kappa shape index (κ3) is 4.32. The molecule has 0 bridgehead atoms. The number of hydrogen-bond donors (Lipinski definition) is 1. The Morgan fingerprint density at radius 3 is 2.50 bits per heavy atom. The van der Waals surface area contributed by atoms with E-state index < -0.39 is 0 Å². The Hall–Kier alpha value is -1.36. The Labute approximate surface area is 139 Å². The molecule has 0 radical (unpaired) electrons. The molecule has 120 valence electrons. The summed E-state index contributed by atoms with van der Waals surface area (Å²) in [4.78, 5) is 6.65. The van der Waals surface area contributed by atoms with Crippen LogP contribution in [-0.2, 0) is 6.54 Å². The quantitative estimate of drug-likeness (QED) is 0.919. The zero-order chi connectivity index (χ0) is 14.5. The molecular weight excluding hydrogens is 296 g/mol. The molecule has 1 aliphatic heterocycles. The van der Waals surface area contributed by atoms with Crippen LogP contribution in [-0.4, -0.2) is 41.1 Å². The van der Waals surface area contributed by atoms with Gasteiger partial charge in [-0.1, -0.05) is 12.1 Å². The molecule has 0 aliphatic carbocycles. The van der Waals surface area contributed by atoms with E-state index in [-0.39, 0.29) is 12.4 Å². The van der Waals surface area contributed by atoms with E-state index in [4.69, 9.17) is 0 Å². The summed E-state index contributed by atoms with van der Waals surface area (Å²) in [5.74, 6) is 0.856. The van der Waals surface area contributed by atoms with Gasteiger partial charge in [0.15, 0.2) is 0 Å². The van der Waals surface area contributed by atoms with Gasteiger partial charge in [0.1, 0.15) is 0 Å². The lowest BCUT2D eigenvalue weighted by atomic mass is 9.96. The highest BCUT2D eigenvalue weighted by Crippen LogP contribution is 2.19. The van der Waals surface area contributed by atoms with Crippen molar-refractivity contribution in [3.05, 3.63) is 48.5 Å². The molecule has 5 heteroatoms. The monoisotopic (exact) mass is 320 g/mol. The fourth-order valence-electron chi connectivity index (χ4n) is 3.08. The van der Waals surface area contributed by atoms with Gasteiger partial charge in [-0.3, -0.25) is 4.90 Å². The van der Waals surface area contributed by atoms with Crippen LogP contribution in [0, 0.1) is 5.92 Å². The van der Waals surface area contributed by atoms with Gasteiger partial charge in [-0.2, -0.15) is 0 Å². The molecule has 0 saturated carbocycles. The number of rotatable bonds is 5. The van der Waals surface area contributed by atoms with Crippen molar-refractivity contribution in [3.8, 4) is 5.69 Å². The fourth-order valence-corrected chi connectivity index (χ4v) is 3.08. The van der Waals surface area contributed by atoms with E-state index in [1.54, 1.807) is 0 Å². The van der Waals surface area contributed by atoms with E-state index in [1.165, 1.54) is 37.2 Å². The molecule has 4 nitrogen and oxygen atoms in total. The van der Waals surface area contributed by atoms with E-state index >= 15 is 0 Å². The first-order chi connectivity index (χ1) is 10.3. The smallest absolute Gasteiger partial charge is 0.0991 e. The van der Waals surface area contributed by atoms with E-state index in [2.05, 4.69) is 39.5 Å². The molecule has 0 atom stereocenters. The highest BCUT2D eigenvalue weighted by Gasteiger charge is 2.18. The first-order valence-corrected chi connectivity index (χ1v) is 7.79. The number of nitrogens with one attached hydrogen (secondary N) is 1. The van der Waals surface area contributed by atoms with Crippen LogP contribution in [0.15, 0.2) is 43.0 Å². The molecule has 1 saturated heterocycles. The maximum atomic E-state index is 4.09. The minimum absolute atomic E-state index is 0. The predicted molar refractivity (Wildman–Crippen MR) is 92.7 cm³/mol. The van der Waals surface area contributed by atoms with Gasteiger partial charge in [0, 0.05) is 24.6 Å². The van der Waals surface area contributed by atoms with Gasteiger partial charge in [-0.15, -0.1) is 12.4 Å². The van der Waals surface area contributed by atoms with Gasteiger partial charge in [-0.25, -0.2) is 4.98 Å². The van der Waals surface area contributed by atoms with Crippen molar-refractivity contribution in [3.63, 3.8) is 0 Å². The van der Waals surface area contributed by atoms with Crippen molar-refractivity contribution in [2.75, 3.05) is 26.7 Å². The second-order valence-electron chi connectivity index (χ2n) is 5.91. The normalized spacial score (nSPS) is 16.4. The largest absolute Gasteiger partial charge is 0.319 e. The minimum atomic E-state index is 0. The summed E-state index contributed by atoms with van der Waals surface area (Å²) < 4.78 is 2.03. The lowest BCUT2D eigenvalue weighted by molar-refractivity contribution is 0.177. The van der Waals surface area contributed by atoms with Crippen molar-refractivity contribution in [2.45, 2.75) is 19.4 Å². The first-order valence-electron chi connectivity index (χ1n) is 7.79. The number of halogens is 1. The Morgan fingerprint density at radius 1 is 1.18 bits per heavy atom. The Kier molecular flexibility index (Phi) is 6.43. The molecule has 2 heterocycles. The van der Waals surface area contributed by atoms with Crippen LogP contribution in [0.4, 0.5) is 0 Å². The van der Waals surface area contributed by atoms with E-state index in [0.29, 0.717) is 0 Å². The fraction of sp³-hybridized carbons (Fsp3) is 0.471. The number of nitrogens with zero attached hydrogens (tertiary/aromatic N) is 3. The summed E-state index contributed by atoms with van der Waals surface area (Å²) in [6.07, 6.45) is 8.24. The summed E-state index contributed by atoms with van der Waals surface area (Å²) in [7, 11) is 2.05. The van der Waals surface area contributed by atoms with Gasteiger partial charge in [-0.05, 0) is 63.1 Å². The lowest BCUT2D eigenvalue weighted by Crippen LogP contribution is -2.36. The lowest BCUT2D eigenvalue weighted by Gasteiger charge is -2.31. The van der Waals surface area contributed by atoms with Gasteiger partial charge in [0.05, 0.1) is 6.33 Å². The van der Waals surface area contributed by atoms with Gasteiger partial charge < -0.3 is 9.88 Å². The SMILES string of the molecule is CNCC1CCN(Cc2ccc(-n3ccnc3)cc2)CC1.Cl. The van der Waals surface area contributed by atoms with Crippen LogP contribution in [0.1, 0.15) is 18.4 Å². The molecule has 0 unspecified atom stereocenters. The summed E-state index contributed by atoms with van der Waals surface area (Å²) in [6.45, 7) is 4.66. The molecule has 22 heavy (non-hydrogen) atoms. The predicted octanol–water partition coefficient (Wildman–Crippen LogP) is 2.73. The first kappa shape index (κ1) is 17.0. The summed E-state index contributed by atoms with van der Waals surface area (Å²) in [6, 6.07) is 8.81. The highest BCUT2D eigenvalue weighted by molar-refractivity contribution is 5.85. The average Bonchev–Trinajstić information content (AvgIpc) is 3.05. The standard InChI is InChI=1S/C17H24N4.ClH/c1-18-12-15-6-9-20(10-7-15)13-16-2-4-17(5-3-16)21-11-8-19-14-21;/h2-5,8,11,14-15,18H,6-7,9-10,12-13H2,1H3;1H. The van der Waals surface area contributed by atoms with Crippen molar-refractivity contribution >= 4 is 12.4 Å². The van der Waals surface area contributed by atoms with Crippen molar-refractivity contribution in [1.82, 2.24) is 19.8 Å². The molecule has 1 aliphatic rings. The van der Waals surface area contributed by atoms with Crippen LogP contribution >= 0.6 is 12.4 Å². The van der Waals surface area contributed by atoms with Crippen LogP contribution < -0.4 is 5.32 Å².